The molecule has 6 nitrogen and oxygen atoms in total. The summed E-state index contributed by atoms with van der Waals surface area (Å²) >= 11 is 0. The lowest BCUT2D eigenvalue weighted by atomic mass is 10.5. The van der Waals surface area contributed by atoms with E-state index in [4.69, 9.17) is 28.4 Å². The van der Waals surface area contributed by atoms with Crippen molar-refractivity contribution in [1.82, 2.24) is 0 Å². The quantitative estimate of drug-likeness (QED) is 0.340. The minimum absolute atomic E-state index is 0.328. The minimum atomic E-state index is 0.328. The zero-order chi connectivity index (χ0) is 12.5. The van der Waals surface area contributed by atoms with Crippen LogP contribution in [-0.4, -0.2) is 78.3 Å². The lowest BCUT2D eigenvalue weighted by molar-refractivity contribution is -0.00457. The van der Waals surface area contributed by atoms with Gasteiger partial charge in [0.1, 0.15) is 12.2 Å². The zero-order valence-corrected chi connectivity index (χ0v) is 10.7. The third-order valence-corrected chi connectivity index (χ3v) is 2.53. The fourth-order valence-corrected chi connectivity index (χ4v) is 1.32. The van der Waals surface area contributed by atoms with Gasteiger partial charge in [0.15, 0.2) is 0 Å². The van der Waals surface area contributed by atoms with Gasteiger partial charge in [-0.3, -0.25) is 0 Å². The summed E-state index contributed by atoms with van der Waals surface area (Å²) < 4.78 is 31.4. The number of hydrogen-bond donors (Lipinski definition) is 0. The van der Waals surface area contributed by atoms with E-state index in [1.807, 2.05) is 0 Å². The highest BCUT2D eigenvalue weighted by Gasteiger charge is 2.22. The Kier molecular flexibility index (Phi) is 6.92. The fourth-order valence-electron chi connectivity index (χ4n) is 1.32. The van der Waals surface area contributed by atoms with Gasteiger partial charge in [0.05, 0.1) is 66.1 Å². The Hall–Kier alpha value is -0.240. The molecule has 0 aromatic rings. The van der Waals surface area contributed by atoms with Gasteiger partial charge in [0.2, 0.25) is 0 Å². The topological polar surface area (TPSA) is 62.0 Å². The molecule has 0 saturated carbocycles. The van der Waals surface area contributed by atoms with Crippen molar-refractivity contribution in [2.45, 2.75) is 12.2 Å². The summed E-state index contributed by atoms with van der Waals surface area (Å²) in [6, 6.07) is 0. The molecule has 2 aliphatic heterocycles. The monoisotopic (exact) mass is 262 g/mol. The second-order valence-corrected chi connectivity index (χ2v) is 4.29. The molecular formula is C12H22O6. The van der Waals surface area contributed by atoms with Crippen LogP contribution in [0, 0.1) is 0 Å². The van der Waals surface area contributed by atoms with E-state index in [-0.39, 0.29) is 0 Å². The lowest BCUT2D eigenvalue weighted by Gasteiger charge is -2.06. The second-order valence-electron chi connectivity index (χ2n) is 4.29. The van der Waals surface area contributed by atoms with Crippen molar-refractivity contribution in [2.75, 3.05) is 66.1 Å². The minimum Gasteiger partial charge on any atom is -0.377 e. The van der Waals surface area contributed by atoms with Crippen LogP contribution in [-0.2, 0) is 28.4 Å². The SMILES string of the molecule is C(COCCOC[C@@H]1CO1)OCCOC[C@@H]1CO1. The van der Waals surface area contributed by atoms with Crippen molar-refractivity contribution >= 4 is 0 Å². The predicted molar refractivity (Wildman–Crippen MR) is 62.8 cm³/mol. The van der Waals surface area contributed by atoms with Gasteiger partial charge < -0.3 is 28.4 Å². The molecule has 0 N–H and O–H groups in total. The first kappa shape index (κ1) is 14.2. The van der Waals surface area contributed by atoms with Crippen LogP contribution in [0.4, 0.5) is 0 Å². The van der Waals surface area contributed by atoms with E-state index in [9.17, 15) is 0 Å². The maximum Gasteiger partial charge on any atom is 0.104 e. The standard InChI is InChI=1S/C12H22O6/c1(13-3-5-15-7-11-9-17-11)2-14-4-6-16-8-12-10-18-12/h11-12H,1-10H2/t11-,12-/m1/s1. The molecule has 0 radical (unpaired) electrons. The number of hydrogen-bond acceptors (Lipinski definition) is 6. The van der Waals surface area contributed by atoms with Gasteiger partial charge in [-0.05, 0) is 0 Å². The lowest BCUT2D eigenvalue weighted by Crippen LogP contribution is -2.13. The van der Waals surface area contributed by atoms with Crippen LogP contribution in [0.15, 0.2) is 0 Å². The van der Waals surface area contributed by atoms with E-state index >= 15 is 0 Å². The molecule has 0 aromatic carbocycles. The number of rotatable bonds is 13. The molecule has 0 aromatic heterocycles. The Morgan fingerprint density at radius 2 is 0.944 bits per heavy atom. The van der Waals surface area contributed by atoms with Gasteiger partial charge in [-0.15, -0.1) is 0 Å². The molecule has 2 aliphatic rings. The van der Waals surface area contributed by atoms with Crippen LogP contribution in [0.25, 0.3) is 0 Å². The molecule has 0 unspecified atom stereocenters. The maximum atomic E-state index is 5.34. The molecule has 2 rings (SSSR count). The summed E-state index contributed by atoms with van der Waals surface area (Å²) in [4.78, 5) is 0. The maximum absolute atomic E-state index is 5.34. The van der Waals surface area contributed by atoms with Crippen LogP contribution in [0.1, 0.15) is 0 Å². The normalized spacial score (nSPS) is 25.3. The molecule has 2 atom stereocenters. The van der Waals surface area contributed by atoms with E-state index in [1.165, 1.54) is 0 Å². The molecule has 0 spiro atoms. The first-order valence-electron chi connectivity index (χ1n) is 6.49. The summed E-state index contributed by atoms with van der Waals surface area (Å²) in [7, 11) is 0. The average molecular weight is 262 g/mol. The highest BCUT2D eigenvalue weighted by Crippen LogP contribution is 2.08. The summed E-state index contributed by atoms with van der Waals surface area (Å²) in [6.45, 7) is 6.66. The van der Waals surface area contributed by atoms with Crippen molar-refractivity contribution in [3.8, 4) is 0 Å². The van der Waals surface area contributed by atoms with Gasteiger partial charge in [0.25, 0.3) is 0 Å². The zero-order valence-electron chi connectivity index (χ0n) is 10.7. The van der Waals surface area contributed by atoms with Crippen LogP contribution in [0.2, 0.25) is 0 Å². The van der Waals surface area contributed by atoms with Crippen LogP contribution >= 0.6 is 0 Å². The van der Waals surface area contributed by atoms with E-state index in [2.05, 4.69) is 0 Å². The number of epoxide rings is 2. The second kappa shape index (κ2) is 8.79. The first-order chi connectivity index (χ1) is 8.95. The van der Waals surface area contributed by atoms with Gasteiger partial charge in [-0.1, -0.05) is 0 Å². The average Bonchev–Trinajstić information content (AvgIpc) is 3.25. The molecule has 106 valence electrons. The predicted octanol–water partition coefficient (Wildman–Crippen LogP) is -0.150. The van der Waals surface area contributed by atoms with Crippen LogP contribution in [0.3, 0.4) is 0 Å². The van der Waals surface area contributed by atoms with Crippen molar-refractivity contribution in [2.24, 2.45) is 0 Å². The number of ether oxygens (including phenoxy) is 6. The Morgan fingerprint density at radius 1 is 0.611 bits per heavy atom. The molecule has 0 aliphatic carbocycles. The molecule has 18 heavy (non-hydrogen) atoms. The Bertz CT molecular complexity index is 183. The third kappa shape index (κ3) is 7.97. The summed E-state index contributed by atoms with van der Waals surface area (Å²) in [5.41, 5.74) is 0. The van der Waals surface area contributed by atoms with Gasteiger partial charge in [-0.25, -0.2) is 0 Å². The molecule has 2 fully saturated rings. The molecule has 0 bridgehead atoms. The molecule has 6 heteroatoms. The largest absolute Gasteiger partial charge is 0.377 e. The van der Waals surface area contributed by atoms with E-state index < -0.39 is 0 Å². The van der Waals surface area contributed by atoms with Crippen LogP contribution in [0.5, 0.6) is 0 Å². The van der Waals surface area contributed by atoms with Crippen LogP contribution < -0.4 is 0 Å². The molecule has 2 saturated heterocycles. The van der Waals surface area contributed by atoms with Crippen molar-refractivity contribution in [3.05, 3.63) is 0 Å². The van der Waals surface area contributed by atoms with Gasteiger partial charge in [0, 0.05) is 0 Å². The Morgan fingerprint density at radius 3 is 1.28 bits per heavy atom. The van der Waals surface area contributed by atoms with Crippen molar-refractivity contribution < 1.29 is 28.4 Å². The van der Waals surface area contributed by atoms with E-state index in [0.29, 0.717) is 65.1 Å². The molecular weight excluding hydrogens is 240 g/mol. The third-order valence-electron chi connectivity index (χ3n) is 2.53. The highest BCUT2D eigenvalue weighted by atomic mass is 16.6. The van der Waals surface area contributed by atoms with E-state index in [0.717, 1.165) is 13.2 Å². The highest BCUT2D eigenvalue weighted by molar-refractivity contribution is 4.67. The smallest absolute Gasteiger partial charge is 0.104 e. The Labute approximate surface area is 107 Å². The summed E-state index contributed by atoms with van der Waals surface area (Å²) in [6.07, 6.45) is 0.656. The fraction of sp³-hybridized carbons (Fsp3) is 1.00. The van der Waals surface area contributed by atoms with E-state index in [1.54, 1.807) is 0 Å². The molecule has 0 amide bonds. The Balaban J connectivity index is 1.19. The van der Waals surface area contributed by atoms with Gasteiger partial charge in [-0.2, -0.15) is 0 Å². The summed E-state index contributed by atoms with van der Waals surface area (Å²) in [5, 5.41) is 0. The summed E-state index contributed by atoms with van der Waals surface area (Å²) in [5.74, 6) is 0. The van der Waals surface area contributed by atoms with Gasteiger partial charge >= 0.3 is 0 Å². The molecule has 2 heterocycles. The van der Waals surface area contributed by atoms with Crippen molar-refractivity contribution in [1.29, 1.82) is 0 Å². The first-order valence-corrected chi connectivity index (χ1v) is 6.49. The van der Waals surface area contributed by atoms with Crippen molar-refractivity contribution in [3.63, 3.8) is 0 Å².